The van der Waals surface area contributed by atoms with Crippen molar-refractivity contribution in [2.45, 2.75) is 31.2 Å². The lowest BCUT2D eigenvalue weighted by Crippen LogP contribution is -2.27. The Hall–Kier alpha value is -2.22. The lowest BCUT2D eigenvalue weighted by Gasteiger charge is -2.11. The summed E-state index contributed by atoms with van der Waals surface area (Å²) in [5.41, 5.74) is 7.38. The molecule has 0 spiro atoms. The average Bonchev–Trinajstić information content (AvgIpc) is 2.64. The number of carbonyl (C=O) groups excluding carboxylic acids is 1. The molecule has 0 atom stereocenters. The maximum absolute atomic E-state index is 12.5. The molecule has 26 heavy (non-hydrogen) atoms. The molecule has 2 aromatic rings. The van der Waals surface area contributed by atoms with Gasteiger partial charge in [-0.15, -0.1) is 0 Å². The van der Waals surface area contributed by atoms with Gasteiger partial charge in [0.05, 0.1) is 4.90 Å². The molecule has 0 saturated heterocycles. The summed E-state index contributed by atoms with van der Waals surface area (Å²) in [6, 6.07) is 13.8. The van der Waals surface area contributed by atoms with Gasteiger partial charge in [0, 0.05) is 18.7 Å². The first-order valence-electron chi connectivity index (χ1n) is 8.56. The van der Waals surface area contributed by atoms with E-state index in [-0.39, 0.29) is 17.3 Å². The Morgan fingerprint density at radius 3 is 2.50 bits per heavy atom. The number of benzene rings is 2. The van der Waals surface area contributed by atoms with E-state index in [1.165, 1.54) is 12.1 Å². The summed E-state index contributed by atoms with van der Waals surface area (Å²) in [5, 5.41) is 2.80. The fourth-order valence-corrected chi connectivity index (χ4v) is 3.48. The normalized spacial score (nSPS) is 11.3. The molecule has 0 bridgehead atoms. The fourth-order valence-electron chi connectivity index (χ4n) is 2.44. The predicted octanol–water partition coefficient (Wildman–Crippen LogP) is 1.94. The highest BCUT2D eigenvalue weighted by molar-refractivity contribution is 7.89. The van der Waals surface area contributed by atoms with Crippen molar-refractivity contribution in [3.8, 4) is 0 Å². The molecule has 140 valence electrons. The number of hydrogen-bond acceptors (Lipinski definition) is 4. The first-order chi connectivity index (χ1) is 12.4. The van der Waals surface area contributed by atoms with Crippen molar-refractivity contribution in [2.75, 3.05) is 13.1 Å². The van der Waals surface area contributed by atoms with Crippen molar-refractivity contribution in [1.29, 1.82) is 0 Å². The molecule has 0 fully saturated rings. The minimum Gasteiger partial charge on any atom is -0.352 e. The number of nitrogens with two attached hydrogens (primary N) is 1. The molecule has 0 aliphatic carbocycles. The summed E-state index contributed by atoms with van der Waals surface area (Å²) in [6.07, 6.45) is 1.62. The van der Waals surface area contributed by atoms with E-state index < -0.39 is 10.0 Å². The Balaban J connectivity index is 2.10. The first-order valence-corrected chi connectivity index (χ1v) is 10.0. The van der Waals surface area contributed by atoms with Crippen LogP contribution in [0, 0.1) is 6.92 Å². The minimum absolute atomic E-state index is 0.0751. The smallest absolute Gasteiger partial charge is 0.251 e. The largest absolute Gasteiger partial charge is 0.352 e. The van der Waals surface area contributed by atoms with Gasteiger partial charge in [0.15, 0.2) is 0 Å². The molecule has 0 unspecified atom stereocenters. The van der Waals surface area contributed by atoms with Crippen LogP contribution < -0.4 is 15.8 Å². The third-order valence-corrected chi connectivity index (χ3v) is 5.39. The van der Waals surface area contributed by atoms with Gasteiger partial charge in [0.1, 0.15) is 0 Å². The molecular weight excluding hydrogens is 350 g/mol. The van der Waals surface area contributed by atoms with Crippen LogP contribution in [-0.2, 0) is 16.6 Å². The number of sulfonamides is 1. The molecule has 0 saturated carbocycles. The number of hydrogen-bond donors (Lipinski definition) is 3. The molecule has 4 N–H and O–H groups in total. The van der Waals surface area contributed by atoms with E-state index in [4.69, 9.17) is 5.73 Å². The summed E-state index contributed by atoms with van der Waals surface area (Å²) in [7, 11) is -3.71. The second kappa shape index (κ2) is 9.47. The molecule has 0 heterocycles. The van der Waals surface area contributed by atoms with E-state index in [1.54, 1.807) is 13.0 Å². The Morgan fingerprint density at radius 1 is 1.08 bits per heavy atom. The van der Waals surface area contributed by atoms with Gasteiger partial charge in [-0.05, 0) is 49.6 Å². The molecule has 0 aromatic heterocycles. The van der Waals surface area contributed by atoms with Gasteiger partial charge in [-0.2, -0.15) is 0 Å². The summed E-state index contributed by atoms with van der Waals surface area (Å²) in [6.45, 7) is 3.06. The third-order valence-electron chi connectivity index (χ3n) is 3.99. The molecule has 6 nitrogen and oxygen atoms in total. The fraction of sp³-hybridized carbons (Fsp3) is 0.316. The summed E-state index contributed by atoms with van der Waals surface area (Å²) in [5.74, 6) is -0.278. The molecule has 0 aliphatic rings. The Morgan fingerprint density at radius 2 is 1.81 bits per heavy atom. The Kier molecular flexibility index (Phi) is 7.32. The number of rotatable bonds is 9. The zero-order valence-corrected chi connectivity index (χ0v) is 15.7. The molecule has 0 aliphatic heterocycles. The second-order valence-electron chi connectivity index (χ2n) is 6.04. The van der Waals surface area contributed by atoms with Gasteiger partial charge < -0.3 is 11.1 Å². The van der Waals surface area contributed by atoms with E-state index in [0.717, 1.165) is 24.0 Å². The van der Waals surface area contributed by atoms with Crippen molar-refractivity contribution in [3.05, 3.63) is 65.2 Å². The number of carbonyl (C=O) groups is 1. The lowest BCUT2D eigenvalue weighted by atomic mass is 10.1. The third kappa shape index (κ3) is 5.66. The highest BCUT2D eigenvalue weighted by Crippen LogP contribution is 2.16. The van der Waals surface area contributed by atoms with Crippen molar-refractivity contribution < 1.29 is 13.2 Å². The van der Waals surface area contributed by atoms with Crippen molar-refractivity contribution in [3.63, 3.8) is 0 Å². The van der Waals surface area contributed by atoms with Gasteiger partial charge in [0.2, 0.25) is 10.0 Å². The van der Waals surface area contributed by atoms with Gasteiger partial charge in [-0.25, -0.2) is 13.1 Å². The van der Waals surface area contributed by atoms with Crippen LogP contribution in [0.1, 0.15) is 34.3 Å². The van der Waals surface area contributed by atoms with Crippen LogP contribution in [-0.4, -0.2) is 27.4 Å². The molecule has 0 radical (unpaired) electrons. The van der Waals surface area contributed by atoms with E-state index in [0.29, 0.717) is 18.7 Å². The topological polar surface area (TPSA) is 101 Å². The van der Waals surface area contributed by atoms with Crippen molar-refractivity contribution >= 4 is 15.9 Å². The summed E-state index contributed by atoms with van der Waals surface area (Å²) < 4.78 is 27.6. The standard InChI is InChI=1S/C19H25N3O3S/c1-15-9-10-17(13-18(15)19(23)21-12-6-5-11-20)26(24,25)22-14-16-7-3-2-4-8-16/h2-4,7-10,13,22H,5-6,11-12,14,20H2,1H3,(H,21,23). The quantitative estimate of drug-likeness (QED) is 0.583. The molecular formula is C19H25N3O3S. The number of nitrogens with one attached hydrogen (secondary N) is 2. The monoisotopic (exact) mass is 375 g/mol. The van der Waals surface area contributed by atoms with E-state index >= 15 is 0 Å². The molecule has 2 aromatic carbocycles. The zero-order valence-electron chi connectivity index (χ0n) is 14.9. The van der Waals surface area contributed by atoms with Crippen LogP contribution in [0.4, 0.5) is 0 Å². The maximum atomic E-state index is 12.5. The van der Waals surface area contributed by atoms with E-state index in [9.17, 15) is 13.2 Å². The lowest BCUT2D eigenvalue weighted by molar-refractivity contribution is 0.0952. The summed E-state index contributed by atoms with van der Waals surface area (Å²) in [4.78, 5) is 12.4. The van der Waals surface area contributed by atoms with Crippen LogP contribution in [0.5, 0.6) is 0 Å². The van der Waals surface area contributed by atoms with Crippen LogP contribution in [0.2, 0.25) is 0 Å². The number of unbranched alkanes of at least 4 members (excludes halogenated alkanes) is 1. The van der Waals surface area contributed by atoms with E-state index in [2.05, 4.69) is 10.0 Å². The highest BCUT2D eigenvalue weighted by atomic mass is 32.2. The van der Waals surface area contributed by atoms with Crippen LogP contribution in [0.15, 0.2) is 53.4 Å². The summed E-state index contributed by atoms with van der Waals surface area (Å²) >= 11 is 0. The number of aryl methyl sites for hydroxylation is 1. The van der Waals surface area contributed by atoms with Crippen molar-refractivity contribution in [2.24, 2.45) is 5.73 Å². The molecule has 2 rings (SSSR count). The SMILES string of the molecule is Cc1ccc(S(=O)(=O)NCc2ccccc2)cc1C(=O)NCCCCN. The highest BCUT2D eigenvalue weighted by Gasteiger charge is 2.17. The second-order valence-corrected chi connectivity index (χ2v) is 7.81. The van der Waals surface area contributed by atoms with Gasteiger partial charge >= 0.3 is 0 Å². The van der Waals surface area contributed by atoms with Gasteiger partial charge in [-0.1, -0.05) is 36.4 Å². The predicted molar refractivity (Wildman–Crippen MR) is 102 cm³/mol. The first kappa shape index (κ1) is 20.1. The van der Waals surface area contributed by atoms with Crippen molar-refractivity contribution in [1.82, 2.24) is 10.0 Å². The van der Waals surface area contributed by atoms with E-state index in [1.807, 2.05) is 30.3 Å². The maximum Gasteiger partial charge on any atom is 0.251 e. The minimum atomic E-state index is -3.71. The van der Waals surface area contributed by atoms with Crippen LogP contribution in [0.25, 0.3) is 0 Å². The van der Waals surface area contributed by atoms with Crippen LogP contribution >= 0.6 is 0 Å². The molecule has 7 heteroatoms. The molecule has 1 amide bonds. The Bertz CT molecular complexity index is 836. The Labute approximate surface area is 154 Å². The van der Waals surface area contributed by atoms with Crippen LogP contribution in [0.3, 0.4) is 0 Å². The average molecular weight is 375 g/mol. The zero-order chi connectivity index (χ0) is 19.0. The number of amides is 1. The van der Waals surface area contributed by atoms with Gasteiger partial charge in [0.25, 0.3) is 5.91 Å². The van der Waals surface area contributed by atoms with Gasteiger partial charge in [-0.3, -0.25) is 4.79 Å².